The van der Waals surface area contributed by atoms with E-state index in [4.69, 9.17) is 9.26 Å². The molecule has 0 saturated carbocycles. The average molecular weight is 314 g/mol. The number of nitrogens with zero attached hydrogens (tertiary/aromatic N) is 2. The van der Waals surface area contributed by atoms with Gasteiger partial charge in [0, 0.05) is 24.7 Å². The number of hydrogen-bond donors (Lipinski definition) is 0. The van der Waals surface area contributed by atoms with Gasteiger partial charge in [-0.3, -0.25) is 9.59 Å². The van der Waals surface area contributed by atoms with E-state index in [0.29, 0.717) is 22.8 Å². The summed E-state index contributed by atoms with van der Waals surface area (Å²) in [6.45, 7) is 3.25. The molecule has 0 N–H and O–H groups in total. The van der Waals surface area contributed by atoms with E-state index in [-0.39, 0.29) is 18.3 Å². The van der Waals surface area contributed by atoms with Gasteiger partial charge in [-0.2, -0.15) is 0 Å². The summed E-state index contributed by atoms with van der Waals surface area (Å²) in [5.74, 6) is 1.03. The van der Waals surface area contributed by atoms with Gasteiger partial charge in [0.1, 0.15) is 12.4 Å². The second-order valence-corrected chi connectivity index (χ2v) is 5.55. The molecular formula is C17H18N2O4. The molecule has 0 spiro atoms. The minimum Gasteiger partial charge on any atom is -0.486 e. The number of carbonyl (C=O) groups excluding carboxylic acids is 2. The zero-order valence-corrected chi connectivity index (χ0v) is 12.9. The summed E-state index contributed by atoms with van der Waals surface area (Å²) in [5.41, 5.74) is 0.952. The first-order valence-electron chi connectivity index (χ1n) is 7.62. The SMILES string of the molecule is CC(=O)c1ccc(OCc2cc(C(=O)N3CCCC3)no2)cc1. The van der Waals surface area contributed by atoms with Gasteiger partial charge in [0.25, 0.3) is 5.91 Å². The van der Waals surface area contributed by atoms with Gasteiger partial charge in [-0.25, -0.2) is 0 Å². The largest absolute Gasteiger partial charge is 0.486 e. The number of hydrogen-bond acceptors (Lipinski definition) is 5. The zero-order chi connectivity index (χ0) is 16.2. The number of Topliss-reactive ketones (excluding diaryl/α,β-unsaturated/α-hetero) is 1. The van der Waals surface area contributed by atoms with Crippen molar-refractivity contribution in [3.63, 3.8) is 0 Å². The van der Waals surface area contributed by atoms with E-state index >= 15 is 0 Å². The Morgan fingerprint density at radius 2 is 1.91 bits per heavy atom. The number of benzene rings is 1. The topological polar surface area (TPSA) is 72.6 Å². The van der Waals surface area contributed by atoms with Crippen molar-refractivity contribution in [2.75, 3.05) is 13.1 Å². The van der Waals surface area contributed by atoms with E-state index in [0.717, 1.165) is 25.9 Å². The summed E-state index contributed by atoms with van der Waals surface area (Å²) >= 11 is 0. The van der Waals surface area contributed by atoms with Gasteiger partial charge in [0.15, 0.2) is 17.2 Å². The highest BCUT2D eigenvalue weighted by Crippen LogP contribution is 2.16. The van der Waals surface area contributed by atoms with Crippen molar-refractivity contribution >= 4 is 11.7 Å². The molecule has 1 aromatic heterocycles. The monoisotopic (exact) mass is 314 g/mol. The summed E-state index contributed by atoms with van der Waals surface area (Å²) in [6.07, 6.45) is 2.08. The third-order valence-corrected chi connectivity index (χ3v) is 3.81. The maximum atomic E-state index is 12.2. The van der Waals surface area contributed by atoms with Crippen molar-refractivity contribution in [3.05, 3.63) is 47.3 Å². The number of rotatable bonds is 5. The quantitative estimate of drug-likeness (QED) is 0.793. The van der Waals surface area contributed by atoms with Gasteiger partial charge >= 0.3 is 0 Å². The average Bonchev–Trinajstić information content (AvgIpc) is 3.24. The fraction of sp³-hybridized carbons (Fsp3) is 0.353. The van der Waals surface area contributed by atoms with Crippen LogP contribution >= 0.6 is 0 Å². The molecule has 3 rings (SSSR count). The lowest BCUT2D eigenvalue weighted by atomic mass is 10.1. The fourth-order valence-corrected chi connectivity index (χ4v) is 2.50. The van der Waals surface area contributed by atoms with Crippen LogP contribution in [0, 0.1) is 0 Å². The van der Waals surface area contributed by atoms with Crippen LogP contribution in [0.5, 0.6) is 5.75 Å². The first kappa shape index (κ1) is 15.3. The molecule has 1 amide bonds. The minimum atomic E-state index is -0.0942. The van der Waals surface area contributed by atoms with Crippen molar-refractivity contribution in [2.45, 2.75) is 26.4 Å². The Bertz CT molecular complexity index is 700. The van der Waals surface area contributed by atoms with Gasteiger partial charge < -0.3 is 14.2 Å². The highest BCUT2D eigenvalue weighted by atomic mass is 16.5. The van der Waals surface area contributed by atoms with Crippen molar-refractivity contribution < 1.29 is 18.8 Å². The van der Waals surface area contributed by atoms with Crippen LogP contribution in [0.4, 0.5) is 0 Å². The summed E-state index contributed by atoms with van der Waals surface area (Å²) in [7, 11) is 0. The van der Waals surface area contributed by atoms with Gasteiger partial charge in [-0.05, 0) is 44.0 Å². The van der Waals surface area contributed by atoms with E-state index in [1.807, 2.05) is 0 Å². The molecule has 1 aromatic carbocycles. The number of carbonyl (C=O) groups is 2. The van der Waals surface area contributed by atoms with Crippen LogP contribution in [-0.4, -0.2) is 34.8 Å². The molecule has 2 heterocycles. The molecule has 2 aromatic rings. The molecule has 1 aliphatic rings. The van der Waals surface area contributed by atoms with Gasteiger partial charge in [0.05, 0.1) is 0 Å². The molecule has 1 fully saturated rings. The Hall–Kier alpha value is -2.63. The summed E-state index contributed by atoms with van der Waals surface area (Å²) in [4.78, 5) is 25.2. The number of likely N-dealkylation sites (tertiary alicyclic amines) is 1. The predicted octanol–water partition coefficient (Wildman–Crippen LogP) is 2.69. The Labute approximate surface area is 134 Å². The third kappa shape index (κ3) is 3.59. The maximum absolute atomic E-state index is 12.2. The van der Waals surface area contributed by atoms with Crippen LogP contribution in [0.3, 0.4) is 0 Å². The van der Waals surface area contributed by atoms with E-state index < -0.39 is 0 Å². The highest BCUT2D eigenvalue weighted by molar-refractivity contribution is 5.94. The Balaban J connectivity index is 1.58. The lowest BCUT2D eigenvalue weighted by Gasteiger charge is -2.12. The first-order chi connectivity index (χ1) is 11.1. The van der Waals surface area contributed by atoms with Crippen molar-refractivity contribution in [3.8, 4) is 5.75 Å². The molecule has 6 nitrogen and oxygen atoms in total. The van der Waals surface area contributed by atoms with Crippen LogP contribution in [-0.2, 0) is 6.61 Å². The summed E-state index contributed by atoms with van der Waals surface area (Å²) in [5, 5.41) is 3.82. The molecular weight excluding hydrogens is 296 g/mol. The standard InChI is InChI=1S/C17H18N2O4/c1-12(20)13-4-6-14(7-5-13)22-11-15-10-16(18-23-15)17(21)19-8-2-3-9-19/h4-7,10H,2-3,8-9,11H2,1H3. The van der Waals surface area contributed by atoms with Crippen molar-refractivity contribution in [1.29, 1.82) is 0 Å². The van der Waals surface area contributed by atoms with Crippen LogP contribution in [0.25, 0.3) is 0 Å². The van der Waals surface area contributed by atoms with E-state index in [2.05, 4.69) is 5.16 Å². The fourth-order valence-electron chi connectivity index (χ4n) is 2.50. The molecule has 0 radical (unpaired) electrons. The van der Waals surface area contributed by atoms with E-state index in [1.54, 1.807) is 35.2 Å². The number of aromatic nitrogens is 1. The normalized spacial score (nSPS) is 14.0. The first-order valence-corrected chi connectivity index (χ1v) is 7.62. The minimum absolute atomic E-state index is 0.0110. The smallest absolute Gasteiger partial charge is 0.276 e. The summed E-state index contributed by atoms with van der Waals surface area (Å²) in [6, 6.07) is 8.48. The van der Waals surface area contributed by atoms with Crippen LogP contribution in [0.2, 0.25) is 0 Å². The van der Waals surface area contributed by atoms with Crippen LogP contribution in [0.15, 0.2) is 34.9 Å². The second kappa shape index (κ2) is 6.64. The zero-order valence-electron chi connectivity index (χ0n) is 12.9. The molecule has 0 bridgehead atoms. The number of amides is 1. The predicted molar refractivity (Wildman–Crippen MR) is 82.4 cm³/mol. The van der Waals surface area contributed by atoms with Crippen LogP contribution in [0.1, 0.15) is 46.4 Å². The summed E-state index contributed by atoms with van der Waals surface area (Å²) < 4.78 is 10.7. The van der Waals surface area contributed by atoms with Crippen LogP contribution < -0.4 is 4.74 Å². The van der Waals surface area contributed by atoms with Gasteiger partial charge in [0.2, 0.25) is 0 Å². The van der Waals surface area contributed by atoms with Gasteiger partial charge in [-0.1, -0.05) is 5.16 Å². The molecule has 120 valence electrons. The number of ketones is 1. The Kier molecular flexibility index (Phi) is 4.41. The highest BCUT2D eigenvalue weighted by Gasteiger charge is 2.22. The lowest BCUT2D eigenvalue weighted by Crippen LogP contribution is -2.27. The molecule has 23 heavy (non-hydrogen) atoms. The Morgan fingerprint density at radius 3 is 2.57 bits per heavy atom. The van der Waals surface area contributed by atoms with Crippen molar-refractivity contribution in [2.24, 2.45) is 0 Å². The molecule has 0 aliphatic carbocycles. The molecule has 0 atom stereocenters. The van der Waals surface area contributed by atoms with Gasteiger partial charge in [-0.15, -0.1) is 0 Å². The number of ether oxygens (including phenoxy) is 1. The maximum Gasteiger partial charge on any atom is 0.276 e. The Morgan fingerprint density at radius 1 is 1.22 bits per heavy atom. The second-order valence-electron chi connectivity index (χ2n) is 5.55. The molecule has 1 saturated heterocycles. The molecule has 6 heteroatoms. The van der Waals surface area contributed by atoms with E-state index in [9.17, 15) is 9.59 Å². The third-order valence-electron chi connectivity index (χ3n) is 3.81. The molecule has 0 unspecified atom stereocenters. The van der Waals surface area contributed by atoms with E-state index in [1.165, 1.54) is 6.92 Å². The molecule has 1 aliphatic heterocycles. The van der Waals surface area contributed by atoms with Crippen molar-refractivity contribution in [1.82, 2.24) is 10.1 Å². The lowest BCUT2D eigenvalue weighted by molar-refractivity contribution is 0.0782.